The number of nitrogens with zero attached hydrogens (tertiary/aromatic N) is 3. The minimum atomic E-state index is -4.49. The van der Waals surface area contributed by atoms with E-state index < -0.39 is 11.9 Å². The summed E-state index contributed by atoms with van der Waals surface area (Å²) in [6, 6.07) is 0.995. The van der Waals surface area contributed by atoms with Crippen LogP contribution in [0.5, 0.6) is 0 Å². The summed E-state index contributed by atoms with van der Waals surface area (Å²) in [6.07, 6.45) is 3.97. The molecule has 0 amide bonds. The smallest absolute Gasteiger partial charge is 0.396 e. The molecule has 8 heteroatoms. The van der Waals surface area contributed by atoms with Crippen LogP contribution in [-0.4, -0.2) is 32.9 Å². The number of nitrogens with one attached hydrogen (secondary N) is 1. The molecule has 24 heavy (non-hydrogen) atoms. The van der Waals surface area contributed by atoms with Crippen molar-refractivity contribution in [1.82, 2.24) is 14.6 Å². The monoisotopic (exact) mass is 340 g/mol. The average Bonchev–Trinajstić information content (AvgIpc) is 2.89. The maximum atomic E-state index is 12.8. The maximum Gasteiger partial charge on any atom is 0.435 e. The molecule has 2 fully saturated rings. The molecule has 130 valence electrons. The van der Waals surface area contributed by atoms with Gasteiger partial charge in [-0.1, -0.05) is 6.42 Å². The zero-order valence-corrected chi connectivity index (χ0v) is 13.1. The first-order valence-corrected chi connectivity index (χ1v) is 8.11. The van der Waals surface area contributed by atoms with E-state index in [1.807, 2.05) is 0 Å². The predicted octanol–water partition coefficient (Wildman–Crippen LogP) is 3.10. The van der Waals surface area contributed by atoms with Crippen molar-refractivity contribution in [2.75, 3.05) is 18.5 Å². The highest BCUT2D eigenvalue weighted by molar-refractivity contribution is 5.68. The largest absolute Gasteiger partial charge is 0.435 e. The molecule has 2 heterocycles. The van der Waals surface area contributed by atoms with Gasteiger partial charge in [-0.05, 0) is 31.1 Å². The average molecular weight is 340 g/mol. The zero-order chi connectivity index (χ0) is 17.0. The normalized spacial score (nSPS) is 21.5. The molecule has 2 aromatic heterocycles. The molecule has 0 atom stereocenters. The number of halogens is 3. The Morgan fingerprint density at radius 3 is 2.62 bits per heavy atom. The van der Waals surface area contributed by atoms with Crippen molar-refractivity contribution in [1.29, 1.82) is 0 Å². The topological polar surface area (TPSA) is 62.5 Å². The Morgan fingerprint density at radius 1 is 1.29 bits per heavy atom. The van der Waals surface area contributed by atoms with Gasteiger partial charge in [0.25, 0.3) is 0 Å². The van der Waals surface area contributed by atoms with Crippen LogP contribution in [0.4, 0.5) is 19.0 Å². The fourth-order valence-corrected chi connectivity index (χ4v) is 4.33. The lowest BCUT2D eigenvalue weighted by atomic mass is 9.45. The van der Waals surface area contributed by atoms with Gasteiger partial charge in [-0.25, -0.2) is 9.50 Å². The fourth-order valence-electron chi connectivity index (χ4n) is 4.33. The molecule has 5 nitrogen and oxygen atoms in total. The van der Waals surface area contributed by atoms with Gasteiger partial charge in [0.1, 0.15) is 5.52 Å². The van der Waals surface area contributed by atoms with Crippen molar-refractivity contribution in [2.45, 2.75) is 38.3 Å². The highest BCUT2D eigenvalue weighted by Crippen LogP contribution is 2.64. The van der Waals surface area contributed by atoms with E-state index in [0.29, 0.717) is 17.8 Å². The van der Waals surface area contributed by atoms with Crippen LogP contribution in [0.3, 0.4) is 0 Å². The van der Waals surface area contributed by atoms with Crippen molar-refractivity contribution in [3.63, 3.8) is 0 Å². The third-order valence-electron chi connectivity index (χ3n) is 5.56. The Bertz CT molecular complexity index is 758. The molecule has 2 saturated carbocycles. The molecule has 0 radical (unpaired) electrons. The second-order valence-corrected chi connectivity index (χ2v) is 7.35. The van der Waals surface area contributed by atoms with Gasteiger partial charge in [0.05, 0.1) is 6.61 Å². The number of alkyl halides is 3. The first-order chi connectivity index (χ1) is 11.3. The standard InChI is InChI=1S/C16H19F3N4O/c17-16(18,19)12-6-11-13(20-4-5-23(11)22-12)21-9-15(10-24)7-14(8-15)2-1-3-14/h4-6,24H,1-3,7-10H2,(H,20,21). The molecule has 0 bridgehead atoms. The summed E-state index contributed by atoms with van der Waals surface area (Å²) in [5, 5.41) is 16.4. The molecule has 0 aromatic carbocycles. The van der Waals surface area contributed by atoms with Gasteiger partial charge >= 0.3 is 6.18 Å². The van der Waals surface area contributed by atoms with E-state index in [0.717, 1.165) is 18.9 Å². The maximum absolute atomic E-state index is 12.8. The number of rotatable bonds is 4. The molecule has 2 aromatic rings. The number of hydrogen-bond donors (Lipinski definition) is 2. The fraction of sp³-hybridized carbons (Fsp3) is 0.625. The van der Waals surface area contributed by atoms with Gasteiger partial charge in [-0.3, -0.25) is 0 Å². The minimum Gasteiger partial charge on any atom is -0.396 e. The Kier molecular flexibility index (Phi) is 3.32. The van der Waals surface area contributed by atoms with Crippen LogP contribution in [0.1, 0.15) is 37.8 Å². The van der Waals surface area contributed by atoms with Crippen LogP contribution in [-0.2, 0) is 6.18 Å². The Hall–Kier alpha value is -1.83. The SMILES string of the molecule is OCC1(CNc2nccn3nc(C(F)(F)F)cc23)CC2(CCC2)C1. The number of fused-ring (bicyclic) bond motifs is 1. The zero-order valence-electron chi connectivity index (χ0n) is 13.1. The number of hydrogen-bond acceptors (Lipinski definition) is 4. The third-order valence-corrected chi connectivity index (χ3v) is 5.56. The summed E-state index contributed by atoms with van der Waals surface area (Å²) < 4.78 is 39.7. The van der Waals surface area contributed by atoms with E-state index >= 15 is 0 Å². The van der Waals surface area contributed by atoms with Crippen LogP contribution in [0.2, 0.25) is 0 Å². The lowest BCUT2D eigenvalue weighted by molar-refractivity contribution is -0.141. The third kappa shape index (κ3) is 2.44. The minimum absolute atomic E-state index is 0.0813. The van der Waals surface area contributed by atoms with E-state index in [4.69, 9.17) is 0 Å². The quantitative estimate of drug-likeness (QED) is 0.898. The van der Waals surface area contributed by atoms with Crippen LogP contribution in [0.15, 0.2) is 18.5 Å². The van der Waals surface area contributed by atoms with E-state index in [1.165, 1.54) is 36.2 Å². The van der Waals surface area contributed by atoms with Gasteiger partial charge in [0.2, 0.25) is 0 Å². The predicted molar refractivity (Wildman–Crippen MR) is 81.5 cm³/mol. The number of aromatic nitrogens is 3. The number of aliphatic hydroxyl groups is 1. The molecule has 0 aliphatic heterocycles. The summed E-state index contributed by atoms with van der Waals surface area (Å²) in [6.45, 7) is 0.586. The van der Waals surface area contributed by atoms with Gasteiger partial charge in [-0.2, -0.15) is 18.3 Å². The Balaban J connectivity index is 1.53. The van der Waals surface area contributed by atoms with E-state index in [9.17, 15) is 18.3 Å². The van der Waals surface area contributed by atoms with Gasteiger partial charge < -0.3 is 10.4 Å². The van der Waals surface area contributed by atoms with Crippen LogP contribution in [0, 0.1) is 10.8 Å². The molecule has 4 rings (SSSR count). The summed E-state index contributed by atoms with van der Waals surface area (Å²) in [7, 11) is 0. The lowest BCUT2D eigenvalue weighted by Crippen LogP contribution is -2.55. The van der Waals surface area contributed by atoms with Crippen LogP contribution in [0.25, 0.3) is 5.52 Å². The first kappa shape index (κ1) is 15.7. The summed E-state index contributed by atoms with van der Waals surface area (Å²) >= 11 is 0. The van der Waals surface area contributed by atoms with Crippen molar-refractivity contribution in [3.8, 4) is 0 Å². The van der Waals surface area contributed by atoms with Gasteiger partial charge in [0, 0.05) is 30.4 Å². The number of anilines is 1. The van der Waals surface area contributed by atoms with Gasteiger partial charge in [-0.15, -0.1) is 0 Å². The molecular formula is C16H19F3N4O. The van der Waals surface area contributed by atoms with Crippen molar-refractivity contribution >= 4 is 11.3 Å². The summed E-state index contributed by atoms with van der Waals surface area (Å²) in [5.74, 6) is 0.364. The molecule has 1 spiro atoms. The molecule has 0 saturated heterocycles. The molecular weight excluding hydrogens is 321 g/mol. The van der Waals surface area contributed by atoms with E-state index in [2.05, 4.69) is 15.4 Å². The second-order valence-electron chi connectivity index (χ2n) is 7.35. The van der Waals surface area contributed by atoms with Crippen LogP contribution < -0.4 is 5.32 Å². The second kappa shape index (κ2) is 5.08. The van der Waals surface area contributed by atoms with Crippen LogP contribution >= 0.6 is 0 Å². The lowest BCUT2D eigenvalue weighted by Gasteiger charge is -2.60. The highest BCUT2D eigenvalue weighted by Gasteiger charge is 2.56. The Morgan fingerprint density at radius 2 is 2.04 bits per heavy atom. The number of aliphatic hydroxyl groups excluding tert-OH is 1. The Labute approximate surface area is 136 Å². The molecule has 2 aliphatic carbocycles. The molecule has 2 N–H and O–H groups in total. The summed E-state index contributed by atoms with van der Waals surface area (Å²) in [5.41, 5.74) is -0.436. The molecule has 2 aliphatic rings. The van der Waals surface area contributed by atoms with Crippen molar-refractivity contribution in [3.05, 3.63) is 24.2 Å². The highest BCUT2D eigenvalue weighted by atomic mass is 19.4. The van der Waals surface area contributed by atoms with E-state index in [1.54, 1.807) is 0 Å². The summed E-state index contributed by atoms with van der Waals surface area (Å²) in [4.78, 5) is 4.15. The first-order valence-electron chi connectivity index (χ1n) is 8.11. The molecule has 0 unspecified atom stereocenters. The van der Waals surface area contributed by atoms with E-state index in [-0.39, 0.29) is 17.5 Å². The van der Waals surface area contributed by atoms with Gasteiger partial charge in [0.15, 0.2) is 11.5 Å². The van der Waals surface area contributed by atoms with Crippen molar-refractivity contribution < 1.29 is 18.3 Å². The van der Waals surface area contributed by atoms with Crippen molar-refractivity contribution in [2.24, 2.45) is 10.8 Å².